The second-order valence-corrected chi connectivity index (χ2v) is 2.03. The topological polar surface area (TPSA) is 55.1 Å². The van der Waals surface area contributed by atoms with Crippen LogP contribution in [0.5, 0.6) is 0 Å². The first-order valence-electron chi connectivity index (χ1n) is 3.19. The molecule has 4 heteroatoms. The molecule has 10 heavy (non-hydrogen) atoms. The molecule has 3 N–H and O–H groups in total. The summed E-state index contributed by atoms with van der Waals surface area (Å²) in [6.45, 7) is 2.02. The van der Waals surface area contributed by atoms with Gasteiger partial charge in [-0.3, -0.25) is 4.79 Å². The minimum Gasteiger partial charge on any atom is -0.368 e. The maximum absolute atomic E-state index is 10.5. The summed E-state index contributed by atoms with van der Waals surface area (Å²) in [5, 5.41) is 2.83. The molecule has 0 unspecified atom stereocenters. The second kappa shape index (κ2) is 6.83. The van der Waals surface area contributed by atoms with Gasteiger partial charge >= 0.3 is 0 Å². The average Bonchev–Trinajstić information content (AvgIpc) is 1.82. The summed E-state index contributed by atoms with van der Waals surface area (Å²) in [4.78, 5) is 10.5. The lowest BCUT2D eigenvalue weighted by Crippen LogP contribution is -2.38. The largest absolute Gasteiger partial charge is 0.368 e. The summed E-state index contributed by atoms with van der Waals surface area (Å²) >= 11 is 0. The van der Waals surface area contributed by atoms with Gasteiger partial charge in [0.25, 0.3) is 0 Å². The molecule has 62 valence electrons. The number of nitrogens with one attached hydrogen (secondary N) is 1. The van der Waals surface area contributed by atoms with Crippen LogP contribution in [0.15, 0.2) is 0 Å². The zero-order valence-corrected chi connectivity index (χ0v) is 7.20. The van der Waals surface area contributed by atoms with E-state index in [9.17, 15) is 4.79 Å². The van der Waals surface area contributed by atoms with Crippen molar-refractivity contribution >= 4 is 18.3 Å². The van der Waals surface area contributed by atoms with Crippen molar-refractivity contribution in [2.24, 2.45) is 5.73 Å². The Hall–Kier alpha value is -0.280. The average molecular weight is 167 g/mol. The third kappa shape index (κ3) is 4.58. The molecular formula is C6H15ClN2O. The van der Waals surface area contributed by atoms with Gasteiger partial charge in [-0.2, -0.15) is 0 Å². The van der Waals surface area contributed by atoms with E-state index in [1.54, 1.807) is 7.05 Å². The molecule has 0 heterocycles. The Bertz CT molecular complexity index is 97.7. The number of hydrogen-bond donors (Lipinski definition) is 2. The standard InChI is InChI=1S/C6H14N2O.ClH/c1-3-4-5(8-2)6(7)9;/h5,8H,3-4H2,1-2H3,(H2,7,9);1H/t5-;/m0./s1. The van der Waals surface area contributed by atoms with Crippen LogP contribution in [-0.2, 0) is 4.79 Å². The van der Waals surface area contributed by atoms with Crippen LogP contribution in [0, 0.1) is 0 Å². The number of carbonyl (C=O) groups is 1. The van der Waals surface area contributed by atoms with Gasteiger partial charge in [-0.1, -0.05) is 13.3 Å². The minimum atomic E-state index is -0.264. The first-order valence-corrected chi connectivity index (χ1v) is 3.19. The second-order valence-electron chi connectivity index (χ2n) is 2.03. The van der Waals surface area contributed by atoms with Crippen LogP contribution in [0.4, 0.5) is 0 Å². The van der Waals surface area contributed by atoms with Gasteiger partial charge < -0.3 is 11.1 Å². The molecule has 0 saturated heterocycles. The number of hydrogen-bond acceptors (Lipinski definition) is 2. The van der Waals surface area contributed by atoms with E-state index in [4.69, 9.17) is 5.73 Å². The van der Waals surface area contributed by atoms with E-state index >= 15 is 0 Å². The monoisotopic (exact) mass is 166 g/mol. The van der Waals surface area contributed by atoms with Gasteiger partial charge in [0.05, 0.1) is 6.04 Å². The first-order chi connectivity index (χ1) is 4.22. The number of nitrogens with two attached hydrogens (primary N) is 1. The van der Waals surface area contributed by atoms with Crippen LogP contribution >= 0.6 is 12.4 Å². The van der Waals surface area contributed by atoms with Crippen LogP contribution < -0.4 is 11.1 Å². The Morgan fingerprint density at radius 1 is 1.70 bits per heavy atom. The van der Waals surface area contributed by atoms with Crippen LogP contribution in [0.2, 0.25) is 0 Å². The number of halogens is 1. The molecular weight excluding hydrogens is 152 g/mol. The van der Waals surface area contributed by atoms with E-state index in [1.165, 1.54) is 0 Å². The van der Waals surface area contributed by atoms with Crippen LogP contribution in [0.25, 0.3) is 0 Å². The molecule has 0 rings (SSSR count). The predicted molar refractivity (Wildman–Crippen MR) is 44.2 cm³/mol. The van der Waals surface area contributed by atoms with Crippen molar-refractivity contribution in [3.63, 3.8) is 0 Å². The maximum Gasteiger partial charge on any atom is 0.234 e. The van der Waals surface area contributed by atoms with Crippen molar-refractivity contribution in [2.45, 2.75) is 25.8 Å². The van der Waals surface area contributed by atoms with Gasteiger partial charge in [0.2, 0.25) is 5.91 Å². The molecule has 0 aliphatic heterocycles. The number of carbonyl (C=O) groups excluding carboxylic acids is 1. The Morgan fingerprint density at radius 3 is 2.30 bits per heavy atom. The molecule has 0 saturated carbocycles. The number of primary amides is 1. The number of amides is 1. The molecule has 1 atom stereocenters. The zero-order chi connectivity index (χ0) is 7.28. The fourth-order valence-corrected chi connectivity index (χ4v) is 0.718. The molecule has 0 aromatic carbocycles. The van der Waals surface area contributed by atoms with E-state index in [1.807, 2.05) is 6.92 Å². The highest BCUT2D eigenvalue weighted by Gasteiger charge is 2.09. The van der Waals surface area contributed by atoms with Gasteiger partial charge in [0, 0.05) is 0 Å². The van der Waals surface area contributed by atoms with Crippen molar-refractivity contribution in [1.29, 1.82) is 0 Å². The maximum atomic E-state index is 10.5. The van der Waals surface area contributed by atoms with E-state index in [-0.39, 0.29) is 24.4 Å². The van der Waals surface area contributed by atoms with E-state index in [0.717, 1.165) is 12.8 Å². The molecule has 1 amide bonds. The lowest BCUT2D eigenvalue weighted by molar-refractivity contribution is -0.120. The molecule has 3 nitrogen and oxygen atoms in total. The van der Waals surface area contributed by atoms with Crippen molar-refractivity contribution in [3.05, 3.63) is 0 Å². The van der Waals surface area contributed by atoms with E-state index < -0.39 is 0 Å². The summed E-state index contributed by atoms with van der Waals surface area (Å²) < 4.78 is 0. The van der Waals surface area contributed by atoms with Gasteiger partial charge in [-0.15, -0.1) is 12.4 Å². The Morgan fingerprint density at radius 2 is 2.20 bits per heavy atom. The quantitative estimate of drug-likeness (QED) is 0.631. The van der Waals surface area contributed by atoms with Crippen LogP contribution in [-0.4, -0.2) is 19.0 Å². The van der Waals surface area contributed by atoms with Crippen molar-refractivity contribution in [1.82, 2.24) is 5.32 Å². The third-order valence-corrected chi connectivity index (χ3v) is 1.27. The number of likely N-dealkylation sites (N-methyl/N-ethyl adjacent to an activating group) is 1. The zero-order valence-electron chi connectivity index (χ0n) is 6.39. The highest BCUT2D eigenvalue weighted by atomic mass is 35.5. The van der Waals surface area contributed by atoms with Gasteiger partial charge in [-0.25, -0.2) is 0 Å². The fraction of sp³-hybridized carbons (Fsp3) is 0.833. The lowest BCUT2D eigenvalue weighted by atomic mass is 10.1. The smallest absolute Gasteiger partial charge is 0.234 e. The van der Waals surface area contributed by atoms with Gasteiger partial charge in [0.1, 0.15) is 0 Å². The molecule has 0 aromatic rings. The van der Waals surface area contributed by atoms with Crippen LogP contribution in [0.3, 0.4) is 0 Å². The third-order valence-electron chi connectivity index (χ3n) is 1.27. The molecule has 0 bridgehead atoms. The molecule has 0 aromatic heterocycles. The predicted octanol–water partition coefficient (Wildman–Crippen LogP) is 0.282. The first kappa shape index (κ1) is 12.4. The SMILES string of the molecule is CCC[C@H](NC)C(N)=O.Cl. The van der Waals surface area contributed by atoms with Crippen molar-refractivity contribution < 1.29 is 4.79 Å². The summed E-state index contributed by atoms with van der Waals surface area (Å²) in [7, 11) is 1.74. The summed E-state index contributed by atoms with van der Waals surface area (Å²) in [6, 6.07) is -0.144. The van der Waals surface area contributed by atoms with Gasteiger partial charge in [-0.05, 0) is 13.5 Å². The number of rotatable bonds is 4. The van der Waals surface area contributed by atoms with Crippen molar-refractivity contribution in [2.75, 3.05) is 7.05 Å². The Kier molecular flexibility index (Phi) is 8.48. The summed E-state index contributed by atoms with van der Waals surface area (Å²) in [5.41, 5.74) is 5.03. The molecule has 0 aliphatic carbocycles. The normalized spacial score (nSPS) is 11.8. The van der Waals surface area contributed by atoms with Gasteiger partial charge in [0.15, 0.2) is 0 Å². The van der Waals surface area contributed by atoms with E-state index in [2.05, 4.69) is 5.32 Å². The minimum absolute atomic E-state index is 0. The summed E-state index contributed by atoms with van der Waals surface area (Å²) in [6.07, 6.45) is 1.81. The molecule has 0 fully saturated rings. The highest BCUT2D eigenvalue weighted by molar-refractivity contribution is 5.85. The van der Waals surface area contributed by atoms with Crippen molar-refractivity contribution in [3.8, 4) is 0 Å². The molecule has 0 radical (unpaired) electrons. The molecule has 0 spiro atoms. The fourth-order valence-electron chi connectivity index (χ4n) is 0.718. The highest BCUT2D eigenvalue weighted by Crippen LogP contribution is 1.93. The Labute approximate surface area is 67.8 Å². The summed E-state index contributed by atoms with van der Waals surface area (Å²) in [5.74, 6) is -0.264. The Balaban J connectivity index is 0. The lowest BCUT2D eigenvalue weighted by Gasteiger charge is -2.08. The van der Waals surface area contributed by atoms with Crippen LogP contribution in [0.1, 0.15) is 19.8 Å². The van der Waals surface area contributed by atoms with E-state index in [0.29, 0.717) is 0 Å². The molecule has 0 aliphatic rings.